The van der Waals surface area contributed by atoms with E-state index in [1.165, 1.54) is 0 Å². The largest absolute Gasteiger partial charge is 0.196 e. The molecule has 0 saturated heterocycles. The summed E-state index contributed by atoms with van der Waals surface area (Å²) >= 11 is 0. The zero-order valence-corrected chi connectivity index (χ0v) is 6.63. The van der Waals surface area contributed by atoms with Crippen molar-refractivity contribution in [3.8, 4) is 6.07 Å². The maximum Gasteiger partial charge on any atom is 0.185 e. The Bertz CT molecular complexity index is 268. The second kappa shape index (κ2) is 3.15. The van der Waals surface area contributed by atoms with Gasteiger partial charge in [-0.3, -0.25) is 0 Å². The highest BCUT2D eigenvalue weighted by molar-refractivity contribution is 5.23. The van der Waals surface area contributed by atoms with Crippen molar-refractivity contribution in [1.82, 2.24) is 15.4 Å². The average Bonchev–Trinajstić information content (AvgIpc) is 2.34. The molecule has 0 spiro atoms. The van der Waals surface area contributed by atoms with E-state index in [0.717, 1.165) is 12.1 Å². The van der Waals surface area contributed by atoms with Gasteiger partial charge in [-0.05, 0) is 12.3 Å². The van der Waals surface area contributed by atoms with E-state index in [1.54, 1.807) is 0 Å². The van der Waals surface area contributed by atoms with Crippen LogP contribution in [0, 0.1) is 17.2 Å². The van der Waals surface area contributed by atoms with E-state index in [0.29, 0.717) is 11.6 Å². The van der Waals surface area contributed by atoms with Crippen LogP contribution in [0.15, 0.2) is 0 Å². The molecule has 0 fully saturated rings. The summed E-state index contributed by atoms with van der Waals surface area (Å²) in [5.74, 6) is 0.507. The number of hydrogen-bond acceptors (Lipinski definition) is 3. The van der Waals surface area contributed by atoms with Crippen molar-refractivity contribution in [3.05, 3.63) is 11.4 Å². The highest BCUT2D eigenvalue weighted by Gasteiger charge is 2.07. The minimum atomic E-state index is 0.415. The minimum absolute atomic E-state index is 0.415. The van der Waals surface area contributed by atoms with Crippen LogP contribution in [0.25, 0.3) is 0 Å². The molecule has 0 aliphatic carbocycles. The quantitative estimate of drug-likeness (QED) is 0.680. The highest BCUT2D eigenvalue weighted by atomic mass is 15.3. The topological polar surface area (TPSA) is 65.4 Å². The van der Waals surface area contributed by atoms with Crippen molar-refractivity contribution < 1.29 is 0 Å². The standard InChI is InChI=1S/C7H10N4/c1-5(2)3-6-7(4-8)10-11-9-6/h5H,3H2,1-2H3,(H,9,10,11). The first-order valence-corrected chi connectivity index (χ1v) is 3.53. The molecule has 1 heterocycles. The summed E-state index contributed by atoms with van der Waals surface area (Å²) in [6.45, 7) is 4.16. The van der Waals surface area contributed by atoms with Gasteiger partial charge in [-0.2, -0.15) is 15.6 Å². The van der Waals surface area contributed by atoms with Crippen LogP contribution in [-0.2, 0) is 6.42 Å². The van der Waals surface area contributed by atoms with Gasteiger partial charge in [0.15, 0.2) is 5.69 Å². The first kappa shape index (κ1) is 7.73. The van der Waals surface area contributed by atoms with Crippen molar-refractivity contribution in [2.45, 2.75) is 20.3 Å². The molecule has 0 bridgehead atoms. The van der Waals surface area contributed by atoms with Crippen LogP contribution in [0.1, 0.15) is 25.2 Å². The van der Waals surface area contributed by atoms with Crippen LogP contribution in [0.3, 0.4) is 0 Å². The lowest BCUT2D eigenvalue weighted by Crippen LogP contribution is -1.96. The number of rotatable bonds is 2. The third kappa shape index (κ3) is 1.77. The lowest BCUT2D eigenvalue weighted by molar-refractivity contribution is 0.633. The molecule has 0 unspecified atom stereocenters. The zero-order chi connectivity index (χ0) is 8.27. The Morgan fingerprint density at radius 3 is 2.82 bits per heavy atom. The number of H-pyrrole nitrogens is 1. The lowest BCUT2D eigenvalue weighted by atomic mass is 10.1. The second-order valence-corrected chi connectivity index (χ2v) is 2.83. The van der Waals surface area contributed by atoms with E-state index in [1.807, 2.05) is 6.07 Å². The van der Waals surface area contributed by atoms with Crippen LogP contribution in [0.4, 0.5) is 0 Å². The summed E-state index contributed by atoms with van der Waals surface area (Å²) in [6, 6.07) is 1.98. The summed E-state index contributed by atoms with van der Waals surface area (Å²) in [5.41, 5.74) is 1.18. The van der Waals surface area contributed by atoms with Gasteiger partial charge in [-0.1, -0.05) is 13.8 Å². The van der Waals surface area contributed by atoms with E-state index in [9.17, 15) is 0 Å². The molecule has 0 saturated carbocycles. The molecule has 0 aliphatic rings. The molecule has 1 aromatic heterocycles. The van der Waals surface area contributed by atoms with Gasteiger partial charge in [0.1, 0.15) is 11.8 Å². The van der Waals surface area contributed by atoms with Gasteiger partial charge < -0.3 is 0 Å². The number of aromatic nitrogens is 3. The fourth-order valence-corrected chi connectivity index (χ4v) is 0.871. The number of nitrogens with one attached hydrogen (secondary N) is 1. The predicted molar refractivity (Wildman–Crippen MR) is 39.6 cm³/mol. The number of hydrogen-bond donors (Lipinski definition) is 1. The van der Waals surface area contributed by atoms with Crippen LogP contribution in [0.5, 0.6) is 0 Å². The van der Waals surface area contributed by atoms with Crippen molar-refractivity contribution in [1.29, 1.82) is 5.26 Å². The molecule has 11 heavy (non-hydrogen) atoms. The van der Waals surface area contributed by atoms with Gasteiger partial charge in [-0.15, -0.1) is 5.10 Å². The van der Waals surface area contributed by atoms with Gasteiger partial charge in [0.2, 0.25) is 0 Å². The highest BCUT2D eigenvalue weighted by Crippen LogP contribution is 2.06. The van der Waals surface area contributed by atoms with Crippen molar-refractivity contribution >= 4 is 0 Å². The average molecular weight is 150 g/mol. The normalized spacial score (nSPS) is 10.0. The van der Waals surface area contributed by atoms with Gasteiger partial charge in [0, 0.05) is 0 Å². The lowest BCUT2D eigenvalue weighted by Gasteiger charge is -1.98. The first-order valence-electron chi connectivity index (χ1n) is 3.53. The summed E-state index contributed by atoms with van der Waals surface area (Å²) in [7, 11) is 0. The maximum absolute atomic E-state index is 8.55. The van der Waals surface area contributed by atoms with Crippen LogP contribution in [-0.4, -0.2) is 15.4 Å². The molecule has 4 nitrogen and oxygen atoms in total. The van der Waals surface area contributed by atoms with E-state index in [2.05, 4.69) is 29.3 Å². The van der Waals surface area contributed by atoms with Crippen LogP contribution >= 0.6 is 0 Å². The van der Waals surface area contributed by atoms with E-state index < -0.39 is 0 Å². The van der Waals surface area contributed by atoms with Crippen molar-refractivity contribution in [3.63, 3.8) is 0 Å². The van der Waals surface area contributed by atoms with Crippen LogP contribution in [0.2, 0.25) is 0 Å². The summed E-state index contributed by atoms with van der Waals surface area (Å²) < 4.78 is 0. The SMILES string of the molecule is CC(C)Cc1n[nH]nc1C#N. The van der Waals surface area contributed by atoms with E-state index >= 15 is 0 Å². The Morgan fingerprint density at radius 2 is 2.27 bits per heavy atom. The molecule has 1 aromatic rings. The Kier molecular flexibility index (Phi) is 2.21. The predicted octanol–water partition coefficient (Wildman–Crippen LogP) is 0.875. The Balaban J connectivity index is 2.79. The molecule has 1 N–H and O–H groups in total. The monoisotopic (exact) mass is 150 g/mol. The molecule has 1 rings (SSSR count). The third-order valence-electron chi connectivity index (χ3n) is 1.33. The molecule has 0 aromatic carbocycles. The van der Waals surface area contributed by atoms with Crippen molar-refractivity contribution in [2.75, 3.05) is 0 Å². The zero-order valence-electron chi connectivity index (χ0n) is 6.63. The summed E-state index contributed by atoms with van der Waals surface area (Å²) in [6.07, 6.45) is 0.805. The smallest absolute Gasteiger partial charge is 0.185 e. The third-order valence-corrected chi connectivity index (χ3v) is 1.33. The molecular weight excluding hydrogens is 140 g/mol. The molecule has 0 amide bonds. The fourth-order valence-electron chi connectivity index (χ4n) is 0.871. The molecule has 0 radical (unpaired) electrons. The Labute approximate surface area is 65.2 Å². The molecular formula is C7H10N4. The Morgan fingerprint density at radius 1 is 1.55 bits per heavy atom. The molecule has 0 atom stereocenters. The first-order chi connectivity index (χ1) is 5.24. The molecule has 58 valence electrons. The number of nitriles is 1. The second-order valence-electron chi connectivity index (χ2n) is 2.83. The van der Waals surface area contributed by atoms with Crippen molar-refractivity contribution in [2.24, 2.45) is 5.92 Å². The summed E-state index contributed by atoms with van der Waals surface area (Å²) in [5, 5.41) is 18.5. The molecule has 4 heteroatoms. The summed E-state index contributed by atoms with van der Waals surface area (Å²) in [4.78, 5) is 0. The van der Waals surface area contributed by atoms with Gasteiger partial charge in [0.05, 0.1) is 0 Å². The molecule has 0 aliphatic heterocycles. The fraction of sp³-hybridized carbons (Fsp3) is 0.571. The Hall–Kier alpha value is -1.37. The van der Waals surface area contributed by atoms with E-state index in [4.69, 9.17) is 5.26 Å². The number of aromatic amines is 1. The van der Waals surface area contributed by atoms with Gasteiger partial charge in [0.25, 0.3) is 0 Å². The van der Waals surface area contributed by atoms with E-state index in [-0.39, 0.29) is 0 Å². The van der Waals surface area contributed by atoms with Crippen LogP contribution < -0.4 is 0 Å². The number of nitrogens with zero attached hydrogens (tertiary/aromatic N) is 3. The maximum atomic E-state index is 8.55. The van der Waals surface area contributed by atoms with Gasteiger partial charge in [-0.25, -0.2) is 0 Å². The van der Waals surface area contributed by atoms with Gasteiger partial charge >= 0.3 is 0 Å². The minimum Gasteiger partial charge on any atom is -0.196 e.